The number of benzene rings is 3. The number of hydrogen-bond donors (Lipinski definition) is 6. The van der Waals surface area contributed by atoms with E-state index in [9.17, 15) is 38.8 Å². The highest BCUT2D eigenvalue weighted by atomic mass is 32.2. The number of sulfonamides is 4. The van der Waals surface area contributed by atoms with Crippen LogP contribution in [0.4, 0.5) is 0 Å². The number of nitrogens with one attached hydrogen (secondary N) is 4. The van der Waals surface area contributed by atoms with Crippen LogP contribution in [0.15, 0.2) is 166 Å². The Kier molecular flexibility index (Phi) is 23.9. The average Bonchev–Trinajstić information content (AvgIpc) is 1.71. The summed E-state index contributed by atoms with van der Waals surface area (Å²) in [4.78, 5) is 32.9. The first-order valence-electron chi connectivity index (χ1n) is 29.4. The number of methoxy groups -OCH3 is 1. The molecule has 8 heterocycles. The maximum Gasteiger partial charge on any atom is 0.258 e. The highest BCUT2D eigenvalue weighted by molar-refractivity contribution is 8.06. The minimum absolute atomic E-state index is 0.0281. The molecule has 4 aliphatic heterocycles. The first kappa shape index (κ1) is 71.3. The van der Waals surface area contributed by atoms with E-state index in [2.05, 4.69) is 100 Å². The third-order valence-electron chi connectivity index (χ3n) is 14.2. The fourth-order valence-electron chi connectivity index (χ4n) is 9.32. The van der Waals surface area contributed by atoms with Gasteiger partial charge in [0.05, 0.1) is 74.8 Å². The molecule has 4 aromatic heterocycles. The molecule has 3 aromatic carbocycles. The van der Waals surface area contributed by atoms with Crippen LogP contribution >= 0.6 is 11.8 Å². The van der Waals surface area contributed by atoms with E-state index in [-0.39, 0.29) is 56.5 Å². The maximum atomic E-state index is 12.7. The summed E-state index contributed by atoms with van der Waals surface area (Å²) in [6.07, 6.45) is 5.50. The van der Waals surface area contributed by atoms with Crippen molar-refractivity contribution in [3.05, 3.63) is 213 Å². The van der Waals surface area contributed by atoms with E-state index in [1.54, 1.807) is 110 Å². The molecule has 0 radical (unpaired) electrons. The van der Waals surface area contributed by atoms with Crippen LogP contribution in [0, 0.1) is 0 Å². The van der Waals surface area contributed by atoms with Crippen LogP contribution in [-0.4, -0.2) is 127 Å². The van der Waals surface area contributed by atoms with Crippen LogP contribution in [0.2, 0.25) is 0 Å². The maximum absolute atomic E-state index is 12.7. The number of hydrogen-bond acceptors (Lipinski definition) is 21. The number of aliphatic imine (C=N–C) groups is 4. The Morgan fingerprint density at radius 1 is 0.516 bits per heavy atom. The lowest BCUT2D eigenvalue weighted by molar-refractivity contribution is 0.116. The number of fused-ring (bicyclic) bond motifs is 4. The average molecular weight is 1370 g/mol. The molecule has 4 aliphatic rings. The van der Waals surface area contributed by atoms with Crippen molar-refractivity contribution >= 4 is 72.0 Å². The second-order valence-corrected chi connectivity index (χ2v) is 31.9. The number of aliphatic hydroxyl groups is 2. The number of aliphatic hydroxyl groups excluding tert-OH is 2. The van der Waals surface area contributed by atoms with E-state index in [1.807, 2.05) is 54.6 Å². The second kappa shape index (κ2) is 31.1. The predicted octanol–water partition coefficient (Wildman–Crippen LogP) is 6.60. The number of nitrogens with zero attached hydrogens (tertiary/aromatic N) is 8. The van der Waals surface area contributed by atoms with Crippen molar-refractivity contribution in [3.63, 3.8) is 0 Å². The van der Waals surface area contributed by atoms with Crippen LogP contribution in [0.25, 0.3) is 0 Å². The molecular formula is C64H76N12O12S5. The summed E-state index contributed by atoms with van der Waals surface area (Å²) in [6, 6.07) is 35.8. The summed E-state index contributed by atoms with van der Waals surface area (Å²) in [7, 11) is -13.3. The highest BCUT2D eigenvalue weighted by Crippen LogP contribution is 2.30. The zero-order chi connectivity index (χ0) is 67.2. The van der Waals surface area contributed by atoms with Crippen LogP contribution in [-0.2, 0) is 91.4 Å². The van der Waals surface area contributed by atoms with Crippen LogP contribution in [0.3, 0.4) is 0 Å². The number of thioether (sulfide) groups is 1. The number of pyridine rings is 4. The summed E-state index contributed by atoms with van der Waals surface area (Å²) in [5, 5.41) is 18.6. The normalized spacial score (nSPS) is 14.7. The standard InChI is InChI=1S/C22H21N3O4S.C18H21N3O2S.C13H19N3O2S2.C11H15N3O4S/c1-28-21-12-17(9-10-20(21)29-15-16-6-3-2-4-7-16)13-25-30(26,27)22-18-8-5-11-23-19(18)14-24-22;1-18(2,3)14-8-6-13(7-9-14)11-21-24(22,23)17-15-5-4-10-19-16(15)12-20-17;1-13(2,3)19-8-7-16-20(17,18)12-10-5-4-6-14-11(10)9-15-12;1-7(16)10(6-15)14-19(17,18)11-8-3-2-4-12-9(8)5-13-11/h2-12,25H,13-15H2,1H3;4-10,21H,11-12H2,1-3H3;4-6,16H,7-9H2,1-3H3;2-4,7,10,14-16H,5-6H2,1H3/t;;;7-,10-/m...1/s1. The SMILES string of the molecule is CC(C)(C)SCCNS(=O)(=O)C1=NCc2ncccc21.CC(C)(C)c1ccc(CNS(=O)(=O)C2=NCc3ncccc32)cc1.COc1cc(CNS(=O)(=O)C2=NCc3ncccc32)ccc1OCc1ccccc1.C[C@@H](O)[C@@H](CO)NS(=O)(=O)C1=NCc2ncccc21. The van der Waals surface area contributed by atoms with Gasteiger partial charge in [0, 0.05) is 77.2 Å². The van der Waals surface area contributed by atoms with E-state index in [0.29, 0.717) is 77.1 Å². The molecule has 0 fully saturated rings. The Morgan fingerprint density at radius 2 is 0.935 bits per heavy atom. The smallest absolute Gasteiger partial charge is 0.258 e. The zero-order valence-electron chi connectivity index (χ0n) is 52.7. The van der Waals surface area contributed by atoms with Crippen molar-refractivity contribution in [1.82, 2.24) is 38.8 Å². The van der Waals surface area contributed by atoms with Crippen molar-refractivity contribution in [1.29, 1.82) is 0 Å². The Morgan fingerprint density at radius 3 is 1.34 bits per heavy atom. The molecule has 6 N–H and O–H groups in total. The second-order valence-electron chi connectivity index (χ2n) is 23.3. The largest absolute Gasteiger partial charge is 0.493 e. The molecule has 0 amide bonds. The van der Waals surface area contributed by atoms with Gasteiger partial charge in [-0.1, -0.05) is 102 Å². The van der Waals surface area contributed by atoms with Gasteiger partial charge in [-0.2, -0.15) is 11.8 Å². The first-order chi connectivity index (χ1) is 44.1. The Hall–Kier alpha value is -7.55. The van der Waals surface area contributed by atoms with Gasteiger partial charge in [-0.05, 0) is 95.3 Å². The molecule has 11 rings (SSSR count). The summed E-state index contributed by atoms with van der Waals surface area (Å²) in [5.74, 6) is 1.86. The minimum atomic E-state index is -3.89. The summed E-state index contributed by atoms with van der Waals surface area (Å²) < 4.78 is 121. The van der Waals surface area contributed by atoms with Gasteiger partial charge in [0.25, 0.3) is 40.1 Å². The van der Waals surface area contributed by atoms with Crippen molar-refractivity contribution in [2.45, 2.75) is 117 Å². The molecule has 29 heteroatoms. The predicted molar refractivity (Wildman–Crippen MR) is 362 cm³/mol. The Labute approximate surface area is 548 Å². The lowest BCUT2D eigenvalue weighted by atomic mass is 9.87. The lowest BCUT2D eigenvalue weighted by Gasteiger charge is -2.19. The van der Waals surface area contributed by atoms with Gasteiger partial charge in [-0.15, -0.1) is 0 Å². The highest BCUT2D eigenvalue weighted by Gasteiger charge is 2.33. The quantitative estimate of drug-likeness (QED) is 0.0493. The van der Waals surface area contributed by atoms with Crippen molar-refractivity contribution in [2.24, 2.45) is 20.0 Å². The Balaban J connectivity index is 0.000000162. The van der Waals surface area contributed by atoms with E-state index in [1.165, 1.54) is 12.5 Å². The lowest BCUT2D eigenvalue weighted by Crippen LogP contribution is -2.46. The van der Waals surface area contributed by atoms with E-state index in [4.69, 9.17) is 14.6 Å². The molecular weight excluding hydrogens is 1290 g/mol. The molecule has 2 atom stereocenters. The molecule has 0 unspecified atom stereocenters. The molecule has 0 bridgehead atoms. The van der Waals surface area contributed by atoms with Crippen molar-refractivity contribution in [3.8, 4) is 11.5 Å². The third-order valence-corrected chi connectivity index (χ3v) is 21.2. The van der Waals surface area contributed by atoms with Gasteiger partial charge in [-0.3, -0.25) is 39.9 Å². The molecule has 7 aromatic rings. The molecule has 0 saturated carbocycles. The van der Waals surface area contributed by atoms with Crippen molar-refractivity contribution < 1.29 is 53.4 Å². The van der Waals surface area contributed by atoms with E-state index in [0.717, 1.165) is 28.1 Å². The first-order valence-corrected chi connectivity index (χ1v) is 36.3. The molecule has 0 aliphatic carbocycles. The molecule has 0 saturated heterocycles. The van der Waals surface area contributed by atoms with Gasteiger partial charge in [0.1, 0.15) is 6.61 Å². The summed E-state index contributed by atoms with van der Waals surface area (Å²) in [5.41, 5.74) is 8.89. The van der Waals surface area contributed by atoms with Crippen LogP contribution in [0.5, 0.6) is 11.5 Å². The number of ether oxygens (including phenoxy) is 2. The summed E-state index contributed by atoms with van der Waals surface area (Å²) in [6.45, 7) is 16.0. The third kappa shape index (κ3) is 19.3. The van der Waals surface area contributed by atoms with Gasteiger partial charge in [0.2, 0.25) is 0 Å². The topological polar surface area (TPSA) is 345 Å². The Bertz CT molecular complexity index is 4370. The van der Waals surface area contributed by atoms with Gasteiger partial charge < -0.3 is 19.7 Å². The van der Waals surface area contributed by atoms with Gasteiger partial charge in [-0.25, -0.2) is 52.6 Å². The molecule has 93 heavy (non-hydrogen) atoms. The number of aromatic nitrogens is 4. The molecule has 494 valence electrons. The molecule has 24 nitrogen and oxygen atoms in total. The van der Waals surface area contributed by atoms with E-state index >= 15 is 0 Å². The minimum Gasteiger partial charge on any atom is -0.493 e. The zero-order valence-corrected chi connectivity index (χ0v) is 56.8. The fourth-order valence-corrected chi connectivity index (χ4v) is 15.4. The molecule has 0 spiro atoms. The monoisotopic (exact) mass is 1360 g/mol. The van der Waals surface area contributed by atoms with Gasteiger partial charge in [0.15, 0.2) is 31.7 Å². The van der Waals surface area contributed by atoms with Gasteiger partial charge >= 0.3 is 0 Å². The van der Waals surface area contributed by atoms with Crippen LogP contribution < -0.4 is 28.4 Å². The number of rotatable bonds is 18. The fraction of sp³-hybridized carbons (Fsp3) is 0.344. The summed E-state index contributed by atoms with van der Waals surface area (Å²) >= 11 is 1.72. The van der Waals surface area contributed by atoms with Crippen molar-refractivity contribution in [2.75, 3.05) is 26.0 Å². The van der Waals surface area contributed by atoms with E-state index < -0.39 is 58.8 Å². The van der Waals surface area contributed by atoms with Crippen LogP contribution in [0.1, 0.15) is 116 Å².